The third-order valence-corrected chi connectivity index (χ3v) is 3.18. The number of carbonyl (C=O) groups excluding carboxylic acids is 1. The van der Waals surface area contributed by atoms with E-state index in [1.54, 1.807) is 4.90 Å². The summed E-state index contributed by atoms with van der Waals surface area (Å²) in [6.45, 7) is 4.58. The molecule has 0 aliphatic carbocycles. The predicted octanol–water partition coefficient (Wildman–Crippen LogP) is 0.991. The molecule has 0 radical (unpaired) electrons. The fourth-order valence-electron chi connectivity index (χ4n) is 1.87. The SMILES string of the molecule is CCC(C)C(=O)N1C[C@@H](NC)CC1C#N.[HH]. The van der Waals surface area contributed by atoms with Crippen molar-refractivity contribution in [1.82, 2.24) is 10.2 Å². The number of carbonyl (C=O) groups is 1. The van der Waals surface area contributed by atoms with Crippen molar-refractivity contribution in [3.05, 3.63) is 0 Å². The van der Waals surface area contributed by atoms with Crippen molar-refractivity contribution in [2.75, 3.05) is 13.6 Å². The van der Waals surface area contributed by atoms with Crippen LogP contribution in [-0.2, 0) is 4.79 Å². The highest BCUT2D eigenvalue weighted by Crippen LogP contribution is 2.20. The molecule has 1 rings (SSSR count). The summed E-state index contributed by atoms with van der Waals surface area (Å²) in [4.78, 5) is 13.7. The van der Waals surface area contributed by atoms with Gasteiger partial charge in [0.1, 0.15) is 6.04 Å². The van der Waals surface area contributed by atoms with Crippen molar-refractivity contribution in [2.45, 2.75) is 38.8 Å². The Morgan fingerprint density at radius 3 is 2.93 bits per heavy atom. The molecule has 0 aromatic carbocycles. The molecular weight excluding hydrogens is 190 g/mol. The fraction of sp³-hybridized carbons (Fsp3) is 0.818. The molecule has 1 N–H and O–H groups in total. The van der Waals surface area contributed by atoms with Gasteiger partial charge in [-0.15, -0.1) is 0 Å². The van der Waals surface area contributed by atoms with E-state index < -0.39 is 0 Å². The van der Waals surface area contributed by atoms with Crippen LogP contribution in [0.15, 0.2) is 0 Å². The molecule has 0 aromatic heterocycles. The van der Waals surface area contributed by atoms with E-state index in [0.29, 0.717) is 6.54 Å². The standard InChI is InChI=1S/C11H19N3O.H2/c1-4-8(2)11(15)14-7-9(13-3)5-10(14)6-12;/h8-10,13H,4-5,7H2,1-3H3;1H/t8?,9-,10?;/m0./s1. The zero-order chi connectivity index (χ0) is 11.4. The minimum absolute atomic E-state index is 0. The molecule has 0 bridgehead atoms. The van der Waals surface area contributed by atoms with Gasteiger partial charge in [-0.3, -0.25) is 4.79 Å². The number of nitrogens with one attached hydrogen (secondary N) is 1. The van der Waals surface area contributed by atoms with Gasteiger partial charge in [0.15, 0.2) is 0 Å². The van der Waals surface area contributed by atoms with Gasteiger partial charge in [0.25, 0.3) is 0 Å². The highest BCUT2D eigenvalue weighted by atomic mass is 16.2. The summed E-state index contributed by atoms with van der Waals surface area (Å²) >= 11 is 0. The topological polar surface area (TPSA) is 56.1 Å². The predicted molar refractivity (Wildman–Crippen MR) is 60.1 cm³/mol. The van der Waals surface area contributed by atoms with Crippen LogP contribution in [0.1, 0.15) is 28.1 Å². The van der Waals surface area contributed by atoms with Crippen molar-refractivity contribution in [3.63, 3.8) is 0 Å². The van der Waals surface area contributed by atoms with E-state index in [-0.39, 0.29) is 25.3 Å². The van der Waals surface area contributed by atoms with Crippen molar-refractivity contribution < 1.29 is 6.22 Å². The van der Waals surface area contributed by atoms with Crippen molar-refractivity contribution in [2.24, 2.45) is 5.92 Å². The lowest BCUT2D eigenvalue weighted by Gasteiger charge is -2.22. The van der Waals surface area contributed by atoms with Gasteiger partial charge in [0, 0.05) is 19.9 Å². The van der Waals surface area contributed by atoms with Gasteiger partial charge < -0.3 is 10.2 Å². The van der Waals surface area contributed by atoms with Gasteiger partial charge in [0.05, 0.1) is 6.07 Å². The van der Waals surface area contributed by atoms with E-state index in [4.69, 9.17) is 5.26 Å². The third-order valence-electron chi connectivity index (χ3n) is 3.18. The summed E-state index contributed by atoms with van der Waals surface area (Å²) in [5, 5.41) is 12.1. The normalized spacial score (nSPS) is 27.5. The Morgan fingerprint density at radius 2 is 2.47 bits per heavy atom. The van der Waals surface area contributed by atoms with Crippen molar-refractivity contribution >= 4 is 5.91 Å². The fourth-order valence-corrected chi connectivity index (χ4v) is 1.87. The van der Waals surface area contributed by atoms with Crippen molar-refractivity contribution in [3.8, 4) is 6.07 Å². The lowest BCUT2D eigenvalue weighted by atomic mass is 10.1. The van der Waals surface area contributed by atoms with E-state index in [2.05, 4.69) is 11.4 Å². The number of likely N-dealkylation sites (N-methyl/N-ethyl adjacent to an activating group) is 1. The number of rotatable bonds is 3. The first-order valence-corrected chi connectivity index (χ1v) is 5.51. The van der Waals surface area contributed by atoms with Gasteiger partial charge in [-0.2, -0.15) is 5.26 Å². The maximum absolute atomic E-state index is 12.0. The number of hydrogen-bond donors (Lipinski definition) is 1. The van der Waals surface area contributed by atoms with E-state index in [0.717, 1.165) is 12.8 Å². The Kier molecular flexibility index (Phi) is 4.10. The van der Waals surface area contributed by atoms with Crippen LogP contribution >= 0.6 is 0 Å². The van der Waals surface area contributed by atoms with E-state index in [1.165, 1.54) is 0 Å². The molecule has 15 heavy (non-hydrogen) atoms. The molecule has 1 aliphatic rings. The maximum atomic E-state index is 12.0. The summed E-state index contributed by atoms with van der Waals surface area (Å²) in [5.41, 5.74) is 0. The van der Waals surface area contributed by atoms with Crippen LogP contribution in [0, 0.1) is 17.2 Å². The molecule has 0 saturated carbocycles. The first-order chi connectivity index (χ1) is 7.13. The average molecular weight is 211 g/mol. The van der Waals surface area contributed by atoms with Crippen LogP contribution in [0.3, 0.4) is 0 Å². The molecular formula is C11H21N3O. The molecule has 1 fully saturated rings. The summed E-state index contributed by atoms with van der Waals surface area (Å²) in [6, 6.07) is 2.22. The Bertz CT molecular complexity index is 277. The number of amides is 1. The van der Waals surface area contributed by atoms with E-state index in [9.17, 15) is 4.79 Å². The van der Waals surface area contributed by atoms with Gasteiger partial charge in [-0.05, 0) is 19.9 Å². The van der Waals surface area contributed by atoms with Crippen LogP contribution in [0.25, 0.3) is 0 Å². The minimum atomic E-state index is -0.246. The third kappa shape index (κ3) is 2.48. The Labute approximate surface area is 92.7 Å². The average Bonchev–Trinajstić information content (AvgIpc) is 2.69. The number of nitriles is 1. The van der Waals surface area contributed by atoms with Crippen LogP contribution in [0.2, 0.25) is 0 Å². The maximum Gasteiger partial charge on any atom is 0.226 e. The van der Waals surface area contributed by atoms with E-state index >= 15 is 0 Å². The smallest absolute Gasteiger partial charge is 0.226 e. The van der Waals surface area contributed by atoms with Gasteiger partial charge in [-0.1, -0.05) is 13.8 Å². The lowest BCUT2D eigenvalue weighted by Crippen LogP contribution is -2.39. The number of likely N-dealkylation sites (tertiary alicyclic amines) is 1. The Morgan fingerprint density at radius 1 is 1.80 bits per heavy atom. The molecule has 0 aromatic rings. The number of nitrogens with zero attached hydrogens (tertiary/aromatic N) is 2. The Hall–Kier alpha value is -1.08. The second kappa shape index (κ2) is 5.13. The Balaban J connectivity index is 0.00000225. The minimum Gasteiger partial charge on any atom is -0.325 e. The highest BCUT2D eigenvalue weighted by molar-refractivity contribution is 5.79. The zero-order valence-electron chi connectivity index (χ0n) is 9.66. The highest BCUT2D eigenvalue weighted by Gasteiger charge is 2.35. The van der Waals surface area contributed by atoms with Crippen molar-refractivity contribution in [1.29, 1.82) is 5.26 Å². The molecule has 4 heteroatoms. The molecule has 1 saturated heterocycles. The molecule has 1 aliphatic heterocycles. The lowest BCUT2D eigenvalue weighted by molar-refractivity contribution is -0.135. The van der Waals surface area contributed by atoms with Crippen LogP contribution < -0.4 is 5.32 Å². The number of hydrogen-bond acceptors (Lipinski definition) is 3. The molecule has 3 atom stereocenters. The molecule has 1 amide bonds. The van der Waals surface area contributed by atoms with Crippen LogP contribution in [0.5, 0.6) is 0 Å². The first-order valence-electron chi connectivity index (χ1n) is 5.51. The second-order valence-corrected chi connectivity index (χ2v) is 4.17. The molecule has 86 valence electrons. The molecule has 2 unspecified atom stereocenters. The van der Waals surface area contributed by atoms with Crippen LogP contribution in [-0.4, -0.2) is 36.5 Å². The zero-order valence-corrected chi connectivity index (χ0v) is 9.66. The van der Waals surface area contributed by atoms with Gasteiger partial charge >= 0.3 is 0 Å². The van der Waals surface area contributed by atoms with Gasteiger partial charge in [0.2, 0.25) is 5.91 Å². The van der Waals surface area contributed by atoms with E-state index in [1.807, 2.05) is 20.9 Å². The first kappa shape index (κ1) is 12.0. The van der Waals surface area contributed by atoms with Gasteiger partial charge in [-0.25, -0.2) is 0 Å². The summed E-state index contributed by atoms with van der Waals surface area (Å²) in [6.07, 6.45) is 1.58. The quantitative estimate of drug-likeness (QED) is 0.757. The summed E-state index contributed by atoms with van der Waals surface area (Å²) in [7, 11) is 1.87. The van der Waals surface area contributed by atoms with Crippen LogP contribution in [0.4, 0.5) is 0 Å². The molecule has 4 nitrogen and oxygen atoms in total. The summed E-state index contributed by atoms with van der Waals surface area (Å²) < 4.78 is 0. The largest absolute Gasteiger partial charge is 0.325 e. The second-order valence-electron chi connectivity index (χ2n) is 4.17. The molecule has 0 spiro atoms. The summed E-state index contributed by atoms with van der Waals surface area (Å²) in [5.74, 6) is 0.137. The molecule has 1 heterocycles. The monoisotopic (exact) mass is 211 g/mol.